The SMILES string of the molecule is CCCCc1nc2scc(C)c2c(=O)[nH]1. The number of H-pyrrole nitrogens is 1. The summed E-state index contributed by atoms with van der Waals surface area (Å²) >= 11 is 1.54. The number of thiophene rings is 1. The van der Waals surface area contributed by atoms with Crippen LogP contribution < -0.4 is 5.56 Å². The van der Waals surface area contributed by atoms with Gasteiger partial charge in [0.05, 0.1) is 5.39 Å². The summed E-state index contributed by atoms with van der Waals surface area (Å²) in [7, 11) is 0. The standard InChI is InChI=1S/C11H14N2OS/c1-3-4-5-8-12-10(14)9-7(2)6-15-11(9)13-8/h6H,3-5H2,1-2H3,(H,12,13,14). The summed E-state index contributed by atoms with van der Waals surface area (Å²) < 4.78 is 0. The number of nitrogens with one attached hydrogen (secondary N) is 1. The quantitative estimate of drug-likeness (QED) is 0.867. The van der Waals surface area contributed by atoms with E-state index in [-0.39, 0.29) is 5.56 Å². The van der Waals surface area contributed by atoms with Crippen molar-refractivity contribution in [3.05, 3.63) is 27.1 Å². The van der Waals surface area contributed by atoms with E-state index in [4.69, 9.17) is 0 Å². The van der Waals surface area contributed by atoms with Crippen LogP contribution in [0.2, 0.25) is 0 Å². The van der Waals surface area contributed by atoms with Crippen molar-refractivity contribution in [2.24, 2.45) is 0 Å². The normalized spacial score (nSPS) is 11.1. The van der Waals surface area contributed by atoms with E-state index in [1.807, 2.05) is 12.3 Å². The predicted molar refractivity (Wildman–Crippen MR) is 63.6 cm³/mol. The van der Waals surface area contributed by atoms with Crippen LogP contribution in [0.1, 0.15) is 31.2 Å². The first-order valence-electron chi connectivity index (χ1n) is 5.19. The number of nitrogens with zero attached hydrogens (tertiary/aromatic N) is 1. The van der Waals surface area contributed by atoms with E-state index < -0.39 is 0 Å². The molecule has 0 bridgehead atoms. The molecule has 0 radical (unpaired) electrons. The molecular weight excluding hydrogens is 208 g/mol. The van der Waals surface area contributed by atoms with Crippen LogP contribution in [0.25, 0.3) is 10.2 Å². The van der Waals surface area contributed by atoms with Crippen molar-refractivity contribution in [1.29, 1.82) is 0 Å². The molecule has 4 heteroatoms. The van der Waals surface area contributed by atoms with E-state index in [0.717, 1.165) is 40.9 Å². The average Bonchev–Trinajstić information content (AvgIpc) is 2.58. The van der Waals surface area contributed by atoms with Gasteiger partial charge in [-0.15, -0.1) is 11.3 Å². The van der Waals surface area contributed by atoms with Crippen LogP contribution in [0.15, 0.2) is 10.2 Å². The zero-order valence-electron chi connectivity index (χ0n) is 8.96. The van der Waals surface area contributed by atoms with Gasteiger partial charge in [0.2, 0.25) is 0 Å². The van der Waals surface area contributed by atoms with E-state index >= 15 is 0 Å². The minimum absolute atomic E-state index is 0.00449. The highest BCUT2D eigenvalue weighted by molar-refractivity contribution is 7.16. The molecule has 0 aliphatic carbocycles. The maximum absolute atomic E-state index is 11.8. The van der Waals surface area contributed by atoms with Crippen molar-refractivity contribution in [2.75, 3.05) is 0 Å². The fourth-order valence-electron chi connectivity index (χ4n) is 1.60. The van der Waals surface area contributed by atoms with Gasteiger partial charge in [0, 0.05) is 6.42 Å². The van der Waals surface area contributed by atoms with E-state index in [9.17, 15) is 4.79 Å². The lowest BCUT2D eigenvalue weighted by molar-refractivity contribution is 0.754. The first-order chi connectivity index (χ1) is 7.22. The Balaban J connectivity index is 2.49. The van der Waals surface area contributed by atoms with Gasteiger partial charge in [-0.2, -0.15) is 0 Å². The van der Waals surface area contributed by atoms with E-state index in [0.29, 0.717) is 0 Å². The molecule has 0 fully saturated rings. The summed E-state index contributed by atoms with van der Waals surface area (Å²) in [5.74, 6) is 0.816. The molecule has 2 aromatic rings. The molecule has 80 valence electrons. The molecule has 3 nitrogen and oxygen atoms in total. The van der Waals surface area contributed by atoms with Gasteiger partial charge in [0.25, 0.3) is 5.56 Å². The molecule has 0 atom stereocenters. The number of aryl methyl sites for hydroxylation is 2. The molecular formula is C11H14N2OS. The van der Waals surface area contributed by atoms with Crippen molar-refractivity contribution in [1.82, 2.24) is 9.97 Å². The summed E-state index contributed by atoms with van der Waals surface area (Å²) in [6.07, 6.45) is 3.04. The fourth-order valence-corrected chi connectivity index (χ4v) is 2.54. The average molecular weight is 222 g/mol. The van der Waals surface area contributed by atoms with Gasteiger partial charge in [-0.25, -0.2) is 4.98 Å². The van der Waals surface area contributed by atoms with Crippen molar-refractivity contribution in [3.8, 4) is 0 Å². The molecule has 0 spiro atoms. The third-order valence-corrected chi connectivity index (χ3v) is 3.43. The van der Waals surface area contributed by atoms with Crippen molar-refractivity contribution >= 4 is 21.6 Å². The Morgan fingerprint density at radius 2 is 2.33 bits per heavy atom. The highest BCUT2D eigenvalue weighted by Crippen LogP contribution is 2.19. The summed E-state index contributed by atoms with van der Waals surface area (Å²) in [5.41, 5.74) is 1.02. The third kappa shape index (κ3) is 1.95. The van der Waals surface area contributed by atoms with Gasteiger partial charge in [-0.3, -0.25) is 4.79 Å². The molecule has 2 heterocycles. The Kier molecular flexibility index (Phi) is 2.86. The molecule has 0 saturated carbocycles. The zero-order chi connectivity index (χ0) is 10.8. The van der Waals surface area contributed by atoms with Crippen LogP contribution in [0.3, 0.4) is 0 Å². The lowest BCUT2D eigenvalue weighted by atomic mass is 10.2. The zero-order valence-corrected chi connectivity index (χ0v) is 9.78. The Labute approximate surface area is 92.2 Å². The van der Waals surface area contributed by atoms with E-state index in [2.05, 4.69) is 16.9 Å². The number of fused-ring (bicyclic) bond motifs is 1. The monoisotopic (exact) mass is 222 g/mol. The lowest BCUT2D eigenvalue weighted by Crippen LogP contribution is -2.11. The first kappa shape index (κ1) is 10.4. The largest absolute Gasteiger partial charge is 0.310 e. The second kappa shape index (κ2) is 4.14. The Hall–Kier alpha value is -1.16. The second-order valence-electron chi connectivity index (χ2n) is 3.72. The van der Waals surface area contributed by atoms with Gasteiger partial charge in [0.1, 0.15) is 10.7 Å². The smallest absolute Gasteiger partial charge is 0.259 e. The van der Waals surface area contributed by atoms with E-state index in [1.54, 1.807) is 11.3 Å². The van der Waals surface area contributed by atoms with Crippen LogP contribution in [0.5, 0.6) is 0 Å². The number of hydrogen-bond acceptors (Lipinski definition) is 3. The molecule has 2 aromatic heterocycles. The number of unbranched alkanes of at least 4 members (excludes halogenated alkanes) is 1. The Morgan fingerprint density at radius 1 is 1.53 bits per heavy atom. The number of aromatic nitrogens is 2. The Morgan fingerprint density at radius 3 is 3.07 bits per heavy atom. The molecule has 2 rings (SSSR count). The number of aromatic amines is 1. The predicted octanol–water partition coefficient (Wildman–Crippen LogP) is 2.64. The maximum atomic E-state index is 11.8. The van der Waals surface area contributed by atoms with Gasteiger partial charge < -0.3 is 4.98 Å². The summed E-state index contributed by atoms with van der Waals surface area (Å²) in [4.78, 5) is 19.9. The fraction of sp³-hybridized carbons (Fsp3) is 0.455. The molecule has 0 amide bonds. The second-order valence-corrected chi connectivity index (χ2v) is 4.57. The van der Waals surface area contributed by atoms with Crippen molar-refractivity contribution < 1.29 is 0 Å². The van der Waals surface area contributed by atoms with Crippen LogP contribution in [0, 0.1) is 6.92 Å². The molecule has 0 aliphatic heterocycles. The summed E-state index contributed by atoms with van der Waals surface area (Å²) in [6, 6.07) is 0. The molecule has 1 N–H and O–H groups in total. The minimum Gasteiger partial charge on any atom is -0.310 e. The van der Waals surface area contributed by atoms with Gasteiger partial charge >= 0.3 is 0 Å². The van der Waals surface area contributed by atoms with Gasteiger partial charge in [-0.05, 0) is 24.3 Å². The first-order valence-corrected chi connectivity index (χ1v) is 6.07. The summed E-state index contributed by atoms with van der Waals surface area (Å²) in [6.45, 7) is 4.08. The number of rotatable bonds is 3. The molecule has 0 aromatic carbocycles. The summed E-state index contributed by atoms with van der Waals surface area (Å²) in [5, 5.41) is 2.73. The van der Waals surface area contributed by atoms with Crippen molar-refractivity contribution in [2.45, 2.75) is 33.1 Å². The topological polar surface area (TPSA) is 45.8 Å². The van der Waals surface area contributed by atoms with E-state index in [1.165, 1.54) is 0 Å². The maximum Gasteiger partial charge on any atom is 0.259 e. The highest BCUT2D eigenvalue weighted by atomic mass is 32.1. The molecule has 15 heavy (non-hydrogen) atoms. The van der Waals surface area contributed by atoms with Crippen LogP contribution in [-0.2, 0) is 6.42 Å². The van der Waals surface area contributed by atoms with Crippen LogP contribution in [-0.4, -0.2) is 9.97 Å². The molecule has 0 aliphatic rings. The minimum atomic E-state index is 0.00449. The molecule has 0 saturated heterocycles. The van der Waals surface area contributed by atoms with Crippen LogP contribution in [0.4, 0.5) is 0 Å². The van der Waals surface area contributed by atoms with Gasteiger partial charge in [0.15, 0.2) is 0 Å². The third-order valence-electron chi connectivity index (χ3n) is 2.44. The number of hydrogen-bond donors (Lipinski definition) is 1. The molecule has 0 unspecified atom stereocenters. The van der Waals surface area contributed by atoms with Crippen molar-refractivity contribution in [3.63, 3.8) is 0 Å². The van der Waals surface area contributed by atoms with Gasteiger partial charge in [-0.1, -0.05) is 13.3 Å². The highest BCUT2D eigenvalue weighted by Gasteiger charge is 2.07. The Bertz CT molecular complexity index is 527. The van der Waals surface area contributed by atoms with Crippen LogP contribution >= 0.6 is 11.3 Å². The lowest BCUT2D eigenvalue weighted by Gasteiger charge is -1.99.